The largest absolute Gasteiger partial charge is 0.416 e. The molecule has 21 nitrogen and oxygen atoms in total. The SMILES string of the molecule is CCCCCCCCS(=O)(=O)N=C1C=C/C(=C(/C#N)c2ccccc2C)S1.CCCS(=O)(=O)N=C1C=C/C(=C(/C#N)c2ccccc2C)S1.Cc1ccc(S(=O)(=O)N=C2C=C/C(=C(/C#N)c3ccccc3C)S2)cc1.Cc1ccccc1/C(C#N)=C1\C=CC(=NS(=O)(=O)CC23CCC(CC2=O)C3(C)C)S1.Cc1ccccc1/C(C#N)=C1\C=CC(=NS(=O)(=O)c2ccc(C(F)(F)F)cc2)S1. The van der Waals surface area contributed by atoms with Crippen molar-refractivity contribution in [3.05, 3.63) is 322 Å². The molecule has 692 valence electrons. The number of ketones is 1. The Kier molecular flexibility index (Phi) is 36.2. The first-order valence-electron chi connectivity index (χ1n) is 42.3. The molecule has 0 amide bonds. The van der Waals surface area contributed by atoms with Crippen molar-refractivity contribution in [1.29, 1.82) is 26.3 Å². The molecule has 5 aliphatic heterocycles. The van der Waals surface area contributed by atoms with E-state index in [9.17, 15) is 86.4 Å². The standard InChI is InChI=1S/C23H24N2O3S2.C21H26N2O2S2.C20H13F3N2O2S2.C20H16N2O2S2.C16H16N2O2S2/c1-15-6-4-5-7-17(15)18(13-24)19-8-9-21(29-19)25-30(27,28)14-23-11-10-16(12-20(23)26)22(23,2)3;1-3-4-5-6-7-10-15-27(24,25)23-21-14-13-20(26-21)19(16-22)18-12-9-8-11-17(18)2;1-13-4-2-3-5-16(13)17(12-24)18-10-11-19(28-18)25-29(26,27)15-8-6-14(7-9-15)20(21,22)23;1-14-7-9-16(10-8-14)26(23,24)22-20-12-11-19(25-20)18(13-21)17-6-4-3-5-15(17)2;1-3-10-22(19,20)18-16-9-8-15(21-16)14(11-17)13-7-5-4-6-12(13)2/h4-9,16H,10-12,14H2,1-3H3;8-9,11-14H,3-7,10,15H2,1-2H3;2-11H,1H3;3-12H,1-2H3;4-9H,3,10H2,1-2H3/b19-18+,25-21?;20-19+,23-21?;18-17+,25-19?;19-18+,22-20?;15-14+,18-16?. The highest BCUT2D eigenvalue weighted by atomic mass is 32.2. The molecule has 7 aliphatic rings. The summed E-state index contributed by atoms with van der Waals surface area (Å²) in [7, 11) is -18.7. The van der Waals surface area contributed by atoms with Crippen molar-refractivity contribution >= 4 is 168 Å². The lowest BCUT2D eigenvalue weighted by Crippen LogP contribution is -2.41. The van der Waals surface area contributed by atoms with Gasteiger partial charge in [0.2, 0.25) is 0 Å². The number of carbonyl (C=O) groups excluding carboxylic acids is 1. The molecule has 2 fully saturated rings. The number of carbonyl (C=O) groups is 1. The average molecular weight is 1990 g/mol. The van der Waals surface area contributed by atoms with Crippen molar-refractivity contribution in [3.63, 3.8) is 0 Å². The van der Waals surface area contributed by atoms with Crippen LogP contribution in [0.5, 0.6) is 0 Å². The first-order chi connectivity index (χ1) is 63.5. The Bertz CT molecular complexity index is 7110. The van der Waals surface area contributed by atoms with Crippen LogP contribution < -0.4 is 0 Å². The number of fused-ring (bicyclic) bond motifs is 2. The highest BCUT2D eigenvalue weighted by molar-refractivity contribution is 8.20. The van der Waals surface area contributed by atoms with E-state index >= 15 is 0 Å². The summed E-state index contributed by atoms with van der Waals surface area (Å²) in [6, 6.07) is 58.6. The summed E-state index contributed by atoms with van der Waals surface area (Å²) in [6.07, 6.45) is 20.8. The number of nitriles is 5. The molecule has 0 saturated heterocycles. The van der Waals surface area contributed by atoms with Crippen LogP contribution in [0.2, 0.25) is 0 Å². The second-order valence-electron chi connectivity index (χ2n) is 32.2. The summed E-state index contributed by atoms with van der Waals surface area (Å²) >= 11 is 5.84. The maximum Gasteiger partial charge on any atom is 0.416 e. The van der Waals surface area contributed by atoms with Gasteiger partial charge in [0.25, 0.3) is 50.1 Å². The molecular weight excluding hydrogens is 1890 g/mol. The Morgan fingerprint density at radius 2 is 0.672 bits per heavy atom. The fourth-order valence-corrected chi connectivity index (χ4v) is 26.7. The van der Waals surface area contributed by atoms with Crippen LogP contribution >= 0.6 is 58.8 Å². The van der Waals surface area contributed by atoms with Gasteiger partial charge >= 0.3 is 6.18 Å². The third-order valence-corrected chi connectivity index (χ3v) is 34.7. The molecule has 0 N–H and O–H groups in total. The van der Waals surface area contributed by atoms with Crippen LogP contribution in [0, 0.1) is 115 Å². The van der Waals surface area contributed by atoms with E-state index in [2.05, 4.69) is 59.3 Å². The van der Waals surface area contributed by atoms with E-state index in [0.29, 0.717) is 101 Å². The normalized spacial score (nSPS) is 20.4. The number of aryl methyl sites for hydroxylation is 6. The van der Waals surface area contributed by atoms with Gasteiger partial charge in [0.1, 0.15) is 61.3 Å². The number of hydrogen-bond donors (Lipinski definition) is 0. The summed E-state index contributed by atoms with van der Waals surface area (Å²) < 4.78 is 181. The molecule has 5 heterocycles. The fourth-order valence-electron chi connectivity index (χ4n) is 15.2. The van der Waals surface area contributed by atoms with Gasteiger partial charge in [-0.3, -0.25) is 4.79 Å². The molecule has 0 radical (unpaired) electrons. The smallest absolute Gasteiger partial charge is 0.299 e. The molecule has 2 atom stereocenters. The minimum atomic E-state index is -4.55. The Labute approximate surface area is 805 Å². The minimum Gasteiger partial charge on any atom is -0.299 e. The number of sulfonamides is 5. The zero-order valence-corrected chi connectivity index (χ0v) is 83.1. The number of Topliss-reactive ketones (excluding diaryl/α,β-unsaturated/α-hetero) is 1. The van der Waals surface area contributed by atoms with Gasteiger partial charge in [0.15, 0.2) is 0 Å². The van der Waals surface area contributed by atoms with Crippen molar-refractivity contribution in [1.82, 2.24) is 0 Å². The molecule has 0 aromatic heterocycles. The van der Waals surface area contributed by atoms with Crippen LogP contribution in [0.25, 0.3) is 27.9 Å². The summed E-state index contributed by atoms with van der Waals surface area (Å²) in [5.74, 6) is 0.207. The lowest BCUT2D eigenvalue weighted by Gasteiger charge is -2.35. The second-order valence-corrected chi connectivity index (χ2v) is 45.8. The number of allylic oxidation sites excluding steroid dienone is 10. The van der Waals surface area contributed by atoms with Crippen molar-refractivity contribution in [2.45, 2.75) is 149 Å². The number of unbranched alkanes of at least 4 members (excludes halogenated alkanes) is 5. The van der Waals surface area contributed by atoms with Gasteiger partial charge in [-0.2, -0.15) is 78.3 Å². The Hall–Kier alpha value is -11.3. The molecule has 2 aliphatic carbocycles. The van der Waals surface area contributed by atoms with E-state index in [1.165, 1.54) is 66.0 Å². The maximum atomic E-state index is 13.0. The molecule has 2 saturated carbocycles. The lowest BCUT2D eigenvalue weighted by molar-refractivity contribution is -0.137. The number of benzene rings is 7. The second kappa shape index (κ2) is 46.3. The van der Waals surface area contributed by atoms with E-state index in [1.807, 2.05) is 165 Å². The Morgan fingerprint density at radius 3 is 0.955 bits per heavy atom. The maximum absolute atomic E-state index is 13.0. The molecule has 0 spiro atoms. The third kappa shape index (κ3) is 27.3. The van der Waals surface area contributed by atoms with Gasteiger partial charge in [0.05, 0.1) is 65.9 Å². The first-order valence-corrected chi connectivity index (χ1v) is 54.1. The first kappa shape index (κ1) is 105. The Balaban J connectivity index is 0.000000174. The predicted octanol–water partition coefficient (Wildman–Crippen LogP) is 23.9. The van der Waals surface area contributed by atoms with Gasteiger partial charge in [0, 0.05) is 30.9 Å². The third-order valence-electron chi connectivity index (χ3n) is 22.5. The number of thioether (sulfide) groups is 5. The summed E-state index contributed by atoms with van der Waals surface area (Å²) in [5.41, 5.74) is 10.4. The quantitative estimate of drug-likeness (QED) is 0.0424. The zero-order valence-electron chi connectivity index (χ0n) is 74.9. The number of nitrogens with zero attached hydrogens (tertiary/aromatic N) is 10. The van der Waals surface area contributed by atoms with Crippen molar-refractivity contribution in [3.8, 4) is 30.3 Å². The summed E-state index contributed by atoms with van der Waals surface area (Å²) in [4.78, 5) is 15.9. The van der Waals surface area contributed by atoms with Crippen molar-refractivity contribution < 1.29 is 60.1 Å². The predicted molar refractivity (Wildman–Crippen MR) is 540 cm³/mol. The van der Waals surface area contributed by atoms with Crippen molar-refractivity contribution in [2.24, 2.45) is 38.7 Å². The van der Waals surface area contributed by atoms with E-state index in [-0.39, 0.29) is 49.2 Å². The van der Waals surface area contributed by atoms with E-state index in [4.69, 9.17) is 0 Å². The summed E-state index contributed by atoms with van der Waals surface area (Å²) in [6.45, 7) is 19.5. The topological polar surface area (TPSA) is 369 Å². The number of hydrogen-bond acceptors (Lipinski definition) is 21. The van der Waals surface area contributed by atoms with Crippen LogP contribution in [0.4, 0.5) is 13.2 Å². The molecule has 2 bridgehead atoms. The van der Waals surface area contributed by atoms with Crippen molar-refractivity contribution in [2.75, 3.05) is 17.3 Å². The highest BCUT2D eigenvalue weighted by Gasteiger charge is 2.65. The van der Waals surface area contributed by atoms with Crippen LogP contribution in [-0.2, 0) is 61.1 Å². The molecule has 7 aromatic rings. The number of halogens is 3. The number of alkyl halides is 3. The average Bonchev–Trinajstić information content (AvgIpc) is 1.55. The number of rotatable bonds is 23. The highest BCUT2D eigenvalue weighted by Crippen LogP contribution is 2.64. The lowest BCUT2D eigenvalue weighted by atomic mass is 9.70. The van der Waals surface area contributed by atoms with Crippen LogP contribution in [0.15, 0.2) is 287 Å². The van der Waals surface area contributed by atoms with E-state index in [1.54, 1.807) is 98.0 Å². The molecular formula is C100H95F3N10O11S10. The van der Waals surface area contributed by atoms with Crippen LogP contribution in [-0.4, -0.2) is 90.3 Å². The monoisotopic (exact) mass is 1990 g/mol. The fraction of sp³-hybridized carbons (Fsp3) is 0.270. The molecule has 134 heavy (non-hydrogen) atoms. The van der Waals surface area contributed by atoms with E-state index in [0.717, 1.165) is 121 Å². The summed E-state index contributed by atoms with van der Waals surface area (Å²) in [5, 5.41) is 49.5. The van der Waals surface area contributed by atoms with Gasteiger partial charge in [-0.15, -0.1) is 0 Å². The van der Waals surface area contributed by atoms with E-state index < -0.39 is 67.3 Å². The van der Waals surface area contributed by atoms with Gasteiger partial charge < -0.3 is 0 Å². The molecule has 2 unspecified atom stereocenters. The van der Waals surface area contributed by atoms with Gasteiger partial charge in [-0.25, -0.2) is 25.3 Å². The van der Waals surface area contributed by atoms with Crippen LogP contribution in [0.3, 0.4) is 0 Å². The molecule has 7 aromatic carbocycles. The molecule has 14 rings (SSSR count). The van der Waals surface area contributed by atoms with Gasteiger partial charge in [-0.1, -0.05) is 258 Å². The Morgan fingerprint density at radius 1 is 0.381 bits per heavy atom. The molecule has 34 heteroatoms. The zero-order chi connectivity index (χ0) is 97.6. The van der Waals surface area contributed by atoms with Crippen LogP contribution in [0.1, 0.15) is 159 Å². The van der Waals surface area contributed by atoms with Gasteiger partial charge in [-0.05, 0) is 231 Å². The minimum absolute atomic E-state index is 0.0346.